The Bertz CT molecular complexity index is 185. The molecule has 0 N–H and O–H groups in total. The van der Waals surface area contributed by atoms with Crippen molar-refractivity contribution in [2.45, 2.75) is 6.04 Å². The van der Waals surface area contributed by atoms with Gasteiger partial charge < -0.3 is 4.74 Å². The van der Waals surface area contributed by atoms with Crippen LogP contribution < -0.4 is 0 Å². The van der Waals surface area contributed by atoms with Crippen LogP contribution in [0.2, 0.25) is 0 Å². The second-order valence-electron chi connectivity index (χ2n) is 2.17. The van der Waals surface area contributed by atoms with Crippen LogP contribution in [0, 0.1) is 0 Å². The largest absolute Gasteiger partial charge is 0.419 e. The summed E-state index contributed by atoms with van der Waals surface area (Å²) in [5.74, 6) is 0.884. The Morgan fingerprint density at radius 2 is 2.40 bits per heavy atom. The van der Waals surface area contributed by atoms with Crippen LogP contribution in [0.3, 0.4) is 0 Å². The van der Waals surface area contributed by atoms with Gasteiger partial charge in [0.15, 0.2) is 0 Å². The van der Waals surface area contributed by atoms with Crippen LogP contribution in [-0.4, -0.2) is 34.6 Å². The number of carbonyl (C=O) groups excluding carboxylic acids is 2. The van der Waals surface area contributed by atoms with Crippen molar-refractivity contribution in [2.75, 3.05) is 11.6 Å². The normalized spacial score (nSPS) is 30.8. The number of ether oxygens (including phenoxy) is 1. The summed E-state index contributed by atoms with van der Waals surface area (Å²) in [5, 5.41) is 0. The van der Waals surface area contributed by atoms with E-state index in [1.807, 2.05) is 0 Å². The van der Waals surface area contributed by atoms with Crippen LogP contribution in [0.1, 0.15) is 0 Å². The fraction of sp³-hybridized carbons (Fsp3) is 0.600. The molecule has 0 bridgehead atoms. The van der Waals surface area contributed by atoms with Crippen molar-refractivity contribution in [1.82, 2.24) is 4.90 Å². The lowest BCUT2D eigenvalue weighted by molar-refractivity contribution is -0.135. The Hall–Kier alpha value is -0.710. The van der Waals surface area contributed by atoms with Crippen molar-refractivity contribution >= 4 is 23.8 Å². The van der Waals surface area contributed by atoms with Gasteiger partial charge in [-0.05, 0) is 0 Å². The smallest absolute Gasteiger partial charge is 0.375 e. The summed E-state index contributed by atoms with van der Waals surface area (Å²) in [6.45, 7) is 0. The Balaban J connectivity index is 2.27. The van der Waals surface area contributed by atoms with Gasteiger partial charge in [-0.3, -0.25) is 4.90 Å². The number of hydrogen-bond acceptors (Lipinski definition) is 4. The molecule has 4 nitrogen and oxygen atoms in total. The minimum absolute atomic E-state index is 0.294. The van der Waals surface area contributed by atoms with Crippen molar-refractivity contribution < 1.29 is 14.3 Å². The zero-order valence-electron chi connectivity index (χ0n) is 5.07. The number of rotatable bonds is 0. The third-order valence-corrected chi connectivity index (χ3v) is 2.59. The molecule has 5 heteroatoms. The molecule has 0 aromatic rings. The maximum absolute atomic E-state index is 10.8. The highest BCUT2D eigenvalue weighted by Crippen LogP contribution is 2.26. The lowest BCUT2D eigenvalue weighted by Gasteiger charge is -2.05. The first-order chi connectivity index (χ1) is 4.79. The summed E-state index contributed by atoms with van der Waals surface area (Å²) in [5.41, 5.74) is 0. The van der Waals surface area contributed by atoms with E-state index in [0.29, 0.717) is 11.6 Å². The molecule has 0 aromatic carbocycles. The minimum Gasteiger partial charge on any atom is -0.375 e. The molecule has 0 saturated carbocycles. The molecule has 0 spiro atoms. The molecule has 2 rings (SSSR count). The van der Waals surface area contributed by atoms with E-state index in [4.69, 9.17) is 0 Å². The van der Waals surface area contributed by atoms with Gasteiger partial charge in [0.2, 0.25) is 0 Å². The highest BCUT2D eigenvalue weighted by Gasteiger charge is 2.44. The number of esters is 1. The topological polar surface area (TPSA) is 46.6 Å². The number of hydrogen-bond donors (Lipinski definition) is 0. The van der Waals surface area contributed by atoms with Gasteiger partial charge in [-0.1, -0.05) is 0 Å². The zero-order valence-corrected chi connectivity index (χ0v) is 5.89. The molecule has 2 aliphatic rings. The van der Waals surface area contributed by atoms with E-state index in [-0.39, 0.29) is 6.04 Å². The predicted octanol–water partition coefficient (Wildman–Crippen LogP) is 0.0381. The van der Waals surface area contributed by atoms with E-state index in [0.717, 1.165) is 0 Å². The quantitative estimate of drug-likeness (QED) is 0.370. The maximum Gasteiger partial charge on any atom is 0.419 e. The lowest BCUT2D eigenvalue weighted by atomic mass is 10.3. The molecule has 0 radical (unpaired) electrons. The summed E-state index contributed by atoms with van der Waals surface area (Å²) in [6.07, 6.45) is -0.486. The fourth-order valence-electron chi connectivity index (χ4n) is 1.03. The zero-order chi connectivity index (χ0) is 7.14. The predicted molar refractivity (Wildman–Crippen MR) is 34.4 cm³/mol. The number of fused-ring (bicyclic) bond motifs is 1. The first-order valence-corrected chi connectivity index (χ1v) is 4.04. The summed E-state index contributed by atoms with van der Waals surface area (Å²) in [7, 11) is 0. The van der Waals surface area contributed by atoms with E-state index in [1.165, 1.54) is 4.90 Å². The number of nitrogens with zero attached hydrogens (tertiary/aromatic N) is 1. The standard InChI is InChI=1S/C5H5NO3S/c7-4-3-1-10-2-6(3)5(8)9-4/h3H,1-2H2/t3-/m1/s1. The average molecular weight is 159 g/mol. The molecular formula is C5H5NO3S. The Kier molecular flexibility index (Phi) is 1.14. The molecular weight excluding hydrogens is 154 g/mol. The Morgan fingerprint density at radius 3 is 3.10 bits per heavy atom. The van der Waals surface area contributed by atoms with Crippen LogP contribution in [0.4, 0.5) is 4.79 Å². The van der Waals surface area contributed by atoms with Gasteiger partial charge in [0, 0.05) is 5.75 Å². The number of carbonyl (C=O) groups is 2. The van der Waals surface area contributed by atoms with Crippen LogP contribution >= 0.6 is 11.8 Å². The van der Waals surface area contributed by atoms with Crippen molar-refractivity contribution in [3.63, 3.8) is 0 Å². The third kappa shape index (κ3) is 0.636. The van der Waals surface area contributed by atoms with Gasteiger partial charge in [-0.15, -0.1) is 11.8 Å². The molecule has 0 unspecified atom stereocenters. The van der Waals surface area contributed by atoms with Gasteiger partial charge in [-0.2, -0.15) is 0 Å². The average Bonchev–Trinajstić information content (AvgIpc) is 2.39. The molecule has 54 valence electrons. The summed E-state index contributed by atoms with van der Waals surface area (Å²) >= 11 is 1.58. The molecule has 1 atom stereocenters. The molecule has 0 aromatic heterocycles. The van der Waals surface area contributed by atoms with Gasteiger partial charge in [-0.25, -0.2) is 9.59 Å². The van der Waals surface area contributed by atoms with Gasteiger partial charge in [0.05, 0.1) is 5.88 Å². The number of cyclic esters (lactones) is 2. The third-order valence-electron chi connectivity index (χ3n) is 1.58. The van der Waals surface area contributed by atoms with E-state index in [1.54, 1.807) is 11.8 Å². The second kappa shape index (κ2) is 1.88. The Labute approximate surface area is 61.5 Å². The molecule has 2 aliphatic heterocycles. The molecule has 10 heavy (non-hydrogen) atoms. The van der Waals surface area contributed by atoms with E-state index in [9.17, 15) is 9.59 Å². The molecule has 2 saturated heterocycles. The second-order valence-corrected chi connectivity index (χ2v) is 3.17. The van der Waals surface area contributed by atoms with Crippen LogP contribution in [0.5, 0.6) is 0 Å². The van der Waals surface area contributed by atoms with Gasteiger partial charge in [0.25, 0.3) is 0 Å². The molecule has 2 heterocycles. The first kappa shape index (κ1) is 6.03. The Morgan fingerprint density at radius 1 is 1.60 bits per heavy atom. The van der Waals surface area contributed by atoms with Crippen LogP contribution in [0.15, 0.2) is 0 Å². The summed E-state index contributed by atoms with van der Waals surface area (Å²) < 4.78 is 4.36. The van der Waals surface area contributed by atoms with Crippen LogP contribution in [-0.2, 0) is 9.53 Å². The molecule has 2 fully saturated rings. The maximum atomic E-state index is 10.8. The summed E-state index contributed by atoms with van der Waals surface area (Å²) in [6, 6.07) is -0.294. The highest BCUT2D eigenvalue weighted by molar-refractivity contribution is 7.99. The van der Waals surface area contributed by atoms with Crippen molar-refractivity contribution in [2.24, 2.45) is 0 Å². The van der Waals surface area contributed by atoms with Crippen LogP contribution in [0.25, 0.3) is 0 Å². The van der Waals surface area contributed by atoms with E-state index >= 15 is 0 Å². The SMILES string of the molecule is O=C1OC(=O)N2CSC[C@H]12. The number of thioether (sulfide) groups is 1. The van der Waals surface area contributed by atoms with Gasteiger partial charge in [0.1, 0.15) is 6.04 Å². The van der Waals surface area contributed by atoms with Gasteiger partial charge >= 0.3 is 12.1 Å². The molecule has 1 amide bonds. The monoisotopic (exact) mass is 159 g/mol. The van der Waals surface area contributed by atoms with E-state index in [2.05, 4.69) is 4.74 Å². The first-order valence-electron chi connectivity index (χ1n) is 2.89. The number of amides is 1. The summed E-state index contributed by atoms with van der Waals surface area (Å²) in [4.78, 5) is 23.0. The fourth-order valence-corrected chi connectivity index (χ4v) is 2.16. The minimum atomic E-state index is -0.486. The lowest BCUT2D eigenvalue weighted by Crippen LogP contribution is -2.29. The highest BCUT2D eigenvalue weighted by atomic mass is 32.2. The van der Waals surface area contributed by atoms with Crippen molar-refractivity contribution in [3.05, 3.63) is 0 Å². The van der Waals surface area contributed by atoms with E-state index < -0.39 is 12.1 Å². The van der Waals surface area contributed by atoms with Crippen molar-refractivity contribution in [3.8, 4) is 0 Å². The van der Waals surface area contributed by atoms with Crippen molar-refractivity contribution in [1.29, 1.82) is 0 Å². The molecule has 0 aliphatic carbocycles.